The van der Waals surface area contributed by atoms with Crippen LogP contribution in [0.2, 0.25) is 0 Å². The van der Waals surface area contributed by atoms with Crippen LogP contribution in [-0.4, -0.2) is 58.3 Å². The van der Waals surface area contributed by atoms with Crippen LogP contribution >= 0.6 is 11.3 Å². The Morgan fingerprint density at radius 2 is 1.69 bits per heavy atom. The topological polar surface area (TPSA) is 167 Å². The second-order valence-corrected chi connectivity index (χ2v) is 8.70. The van der Waals surface area contributed by atoms with Crippen molar-refractivity contribution in [2.24, 2.45) is 0 Å². The van der Waals surface area contributed by atoms with Gasteiger partial charge in [0.05, 0.1) is 15.2 Å². The monoisotopic (exact) mass is 500 g/mol. The number of carboxylic acid groups (broad SMARTS) is 2. The Balaban J connectivity index is 1.33. The highest BCUT2D eigenvalue weighted by Gasteiger charge is 2.27. The zero-order valence-corrected chi connectivity index (χ0v) is 19.6. The van der Waals surface area contributed by atoms with E-state index in [0.717, 1.165) is 20.8 Å². The molecule has 12 heteroatoms. The first-order valence-electron chi connectivity index (χ1n) is 10.6. The molecule has 35 heavy (non-hydrogen) atoms. The highest BCUT2D eigenvalue weighted by Crippen LogP contribution is 2.24. The zero-order chi connectivity index (χ0) is 25.4. The van der Waals surface area contributed by atoms with Gasteiger partial charge in [0.1, 0.15) is 5.75 Å². The van der Waals surface area contributed by atoms with Gasteiger partial charge in [-0.3, -0.25) is 4.79 Å². The molecule has 0 saturated heterocycles. The minimum absolute atomic E-state index is 0.106. The molecule has 0 aliphatic carbocycles. The number of ether oxygens (including phenoxy) is 1. The van der Waals surface area contributed by atoms with Crippen molar-refractivity contribution in [3.8, 4) is 5.75 Å². The van der Waals surface area contributed by atoms with Gasteiger partial charge in [0.25, 0.3) is 6.10 Å². The van der Waals surface area contributed by atoms with Gasteiger partial charge in [0, 0.05) is 25.2 Å². The van der Waals surface area contributed by atoms with Gasteiger partial charge < -0.3 is 30.9 Å². The van der Waals surface area contributed by atoms with Gasteiger partial charge in [-0.05, 0) is 49.2 Å². The highest BCUT2D eigenvalue weighted by atomic mass is 32.1. The molecule has 0 unspecified atom stereocenters. The molecule has 0 fully saturated rings. The third-order valence-corrected chi connectivity index (χ3v) is 5.68. The van der Waals surface area contributed by atoms with Crippen molar-refractivity contribution in [1.29, 1.82) is 0 Å². The number of nitrogens with one attached hydrogen (secondary N) is 3. The Hall–Kier alpha value is -4.19. The smallest absolute Gasteiger partial charge is 0.356 e. The zero-order valence-electron chi connectivity index (χ0n) is 18.7. The van der Waals surface area contributed by atoms with E-state index in [4.69, 9.17) is 14.9 Å². The number of benzene rings is 2. The maximum atomic E-state index is 12.1. The third kappa shape index (κ3) is 7.67. The molecule has 3 amide bonds. The van der Waals surface area contributed by atoms with E-state index in [1.165, 1.54) is 12.1 Å². The van der Waals surface area contributed by atoms with Crippen molar-refractivity contribution in [2.45, 2.75) is 25.9 Å². The number of hydrogen-bond acceptors (Lipinski definition) is 7. The number of carbonyl (C=O) groups excluding carboxylic acids is 2. The summed E-state index contributed by atoms with van der Waals surface area (Å²) in [4.78, 5) is 50.2. The molecule has 3 rings (SSSR count). The van der Waals surface area contributed by atoms with Crippen LogP contribution in [-0.2, 0) is 20.8 Å². The van der Waals surface area contributed by atoms with Gasteiger partial charge in [-0.25, -0.2) is 19.4 Å². The van der Waals surface area contributed by atoms with Gasteiger partial charge in [-0.1, -0.05) is 12.1 Å². The number of aryl methyl sites for hydroxylation is 1. The van der Waals surface area contributed by atoms with E-state index in [9.17, 15) is 19.2 Å². The molecule has 2 aromatic carbocycles. The fraction of sp³-hybridized carbons (Fsp3) is 0.261. The predicted octanol–water partition coefficient (Wildman–Crippen LogP) is 2.39. The molecule has 3 aromatic rings. The predicted molar refractivity (Wildman–Crippen MR) is 129 cm³/mol. The number of hydrogen-bond donors (Lipinski definition) is 5. The van der Waals surface area contributed by atoms with Crippen LogP contribution in [0.25, 0.3) is 10.2 Å². The Morgan fingerprint density at radius 3 is 2.37 bits per heavy atom. The minimum atomic E-state index is -1.99. The van der Waals surface area contributed by atoms with Gasteiger partial charge in [-0.2, -0.15) is 0 Å². The fourth-order valence-corrected chi connectivity index (χ4v) is 3.96. The van der Waals surface area contributed by atoms with E-state index in [0.29, 0.717) is 18.7 Å². The summed E-state index contributed by atoms with van der Waals surface area (Å²) in [7, 11) is 0. The summed E-state index contributed by atoms with van der Waals surface area (Å²) in [6, 6.07) is 11.3. The number of carbonyl (C=O) groups is 4. The van der Waals surface area contributed by atoms with Gasteiger partial charge in [-0.15, -0.1) is 11.3 Å². The SMILES string of the molecule is Cc1nc2ccc(NC(=O)CCNC(=O)NCCc3ccc(OC(C(=O)O)C(=O)O)cc3)cc2s1. The van der Waals surface area contributed by atoms with Gasteiger partial charge >= 0.3 is 18.0 Å². The lowest BCUT2D eigenvalue weighted by Crippen LogP contribution is -2.38. The summed E-state index contributed by atoms with van der Waals surface area (Å²) in [5.41, 5.74) is 2.39. The normalized spacial score (nSPS) is 10.7. The Labute approximate surface area is 204 Å². The lowest BCUT2D eigenvalue weighted by atomic mass is 10.1. The van der Waals surface area contributed by atoms with E-state index in [1.54, 1.807) is 29.5 Å². The molecule has 0 atom stereocenters. The molecule has 0 aliphatic heterocycles. The standard InChI is InChI=1S/C23H24N4O7S/c1-13-26-17-7-4-15(12-18(17)35-13)27-19(28)9-11-25-23(33)24-10-8-14-2-5-16(6-3-14)34-20(21(29)30)22(31)32/h2-7,12,20H,8-11H2,1H3,(H,27,28)(H,29,30)(H,31,32)(H2,24,25,33). The van der Waals surface area contributed by atoms with E-state index in [1.807, 2.05) is 19.1 Å². The first-order chi connectivity index (χ1) is 16.7. The number of urea groups is 1. The van der Waals surface area contributed by atoms with Crippen molar-refractivity contribution in [3.63, 3.8) is 0 Å². The summed E-state index contributed by atoms with van der Waals surface area (Å²) in [5, 5.41) is 26.7. The van der Waals surface area contributed by atoms with Crippen molar-refractivity contribution in [1.82, 2.24) is 15.6 Å². The second kappa shape index (κ2) is 11.8. The fourth-order valence-electron chi connectivity index (χ4n) is 3.09. The maximum absolute atomic E-state index is 12.1. The van der Waals surface area contributed by atoms with Crippen LogP contribution < -0.4 is 20.7 Å². The van der Waals surface area contributed by atoms with Crippen molar-refractivity contribution >= 4 is 51.1 Å². The Kier molecular flexibility index (Phi) is 8.57. The second-order valence-electron chi connectivity index (χ2n) is 7.46. The number of thiazole rings is 1. The van der Waals surface area contributed by atoms with Gasteiger partial charge in [0.15, 0.2) is 0 Å². The first kappa shape index (κ1) is 25.4. The molecule has 0 bridgehead atoms. The molecular weight excluding hydrogens is 476 g/mol. The van der Waals surface area contributed by atoms with Gasteiger partial charge in [0.2, 0.25) is 5.91 Å². The quantitative estimate of drug-likeness (QED) is 0.250. The molecule has 5 N–H and O–H groups in total. The summed E-state index contributed by atoms with van der Waals surface area (Å²) in [6.45, 7) is 2.41. The number of rotatable bonds is 11. The van der Waals surface area contributed by atoms with Crippen LogP contribution in [0.1, 0.15) is 17.0 Å². The van der Waals surface area contributed by atoms with Crippen LogP contribution in [0, 0.1) is 6.92 Å². The van der Waals surface area contributed by atoms with E-state index < -0.39 is 24.1 Å². The van der Waals surface area contributed by atoms with E-state index in [-0.39, 0.29) is 24.6 Å². The van der Waals surface area contributed by atoms with Crippen LogP contribution in [0.4, 0.5) is 10.5 Å². The van der Waals surface area contributed by atoms with E-state index >= 15 is 0 Å². The Morgan fingerprint density at radius 1 is 1.00 bits per heavy atom. The number of aliphatic carboxylic acids is 2. The highest BCUT2D eigenvalue weighted by molar-refractivity contribution is 7.18. The summed E-state index contributed by atoms with van der Waals surface area (Å²) >= 11 is 1.55. The molecular formula is C23H24N4O7S. The molecule has 1 heterocycles. The molecule has 0 spiro atoms. The molecule has 0 saturated carbocycles. The van der Waals surface area contributed by atoms with Crippen molar-refractivity contribution < 1.29 is 34.1 Å². The molecule has 11 nitrogen and oxygen atoms in total. The van der Waals surface area contributed by atoms with E-state index in [2.05, 4.69) is 20.9 Å². The molecule has 0 radical (unpaired) electrons. The number of anilines is 1. The van der Waals surface area contributed by atoms with Crippen molar-refractivity contribution in [3.05, 3.63) is 53.0 Å². The molecule has 184 valence electrons. The Bertz CT molecular complexity index is 1210. The van der Waals surface area contributed by atoms with Crippen LogP contribution in [0.3, 0.4) is 0 Å². The number of amides is 3. The van der Waals surface area contributed by atoms with Crippen molar-refractivity contribution in [2.75, 3.05) is 18.4 Å². The lowest BCUT2D eigenvalue weighted by molar-refractivity contribution is -0.159. The largest absolute Gasteiger partial charge is 0.478 e. The number of aromatic nitrogens is 1. The average molecular weight is 501 g/mol. The number of fused-ring (bicyclic) bond motifs is 1. The lowest BCUT2D eigenvalue weighted by Gasteiger charge is -2.11. The average Bonchev–Trinajstić information content (AvgIpc) is 3.17. The minimum Gasteiger partial charge on any atom is -0.478 e. The summed E-state index contributed by atoms with van der Waals surface area (Å²) in [6.07, 6.45) is -1.39. The van der Waals surface area contributed by atoms with Crippen LogP contribution in [0.15, 0.2) is 42.5 Å². The third-order valence-electron chi connectivity index (χ3n) is 4.74. The summed E-state index contributed by atoms with van der Waals surface area (Å²) in [5.74, 6) is -3.31. The van der Waals surface area contributed by atoms with Crippen LogP contribution in [0.5, 0.6) is 5.75 Å². The maximum Gasteiger partial charge on any atom is 0.356 e. The number of carboxylic acids is 2. The summed E-state index contributed by atoms with van der Waals surface area (Å²) < 4.78 is 5.93. The molecule has 1 aromatic heterocycles. The number of nitrogens with zero attached hydrogens (tertiary/aromatic N) is 1. The first-order valence-corrected chi connectivity index (χ1v) is 11.4. The molecule has 0 aliphatic rings.